The molecule has 1 aromatic rings. The number of aliphatic hydroxyl groups excluding tert-OH is 1. The number of carbonyl (C=O) groups excluding carboxylic acids is 1. The van der Waals surface area contributed by atoms with Crippen LogP contribution in [-0.4, -0.2) is 29.8 Å². The van der Waals surface area contributed by atoms with Gasteiger partial charge in [0.2, 0.25) is 0 Å². The van der Waals surface area contributed by atoms with E-state index in [0.717, 1.165) is 0 Å². The molecule has 0 bridgehead atoms. The molecule has 0 aromatic carbocycles. The molecule has 4 heteroatoms. The summed E-state index contributed by atoms with van der Waals surface area (Å²) in [7, 11) is 1.30. The van der Waals surface area contributed by atoms with Gasteiger partial charge in [-0.3, -0.25) is 4.98 Å². The summed E-state index contributed by atoms with van der Waals surface area (Å²) in [5, 5.41) is 8.47. The minimum Gasteiger partial charge on any atom is -0.465 e. The third-order valence-corrected chi connectivity index (χ3v) is 1.47. The quantitative estimate of drug-likeness (QED) is 0.509. The standard InChI is InChI=1S/C10H9NO3/c1-14-10(13)9-5-8(3-2-4-12)6-11-7-9/h5-7,12H,4H2,1H3. The third kappa shape index (κ3) is 2.57. The number of hydrogen-bond acceptors (Lipinski definition) is 4. The second kappa shape index (κ2) is 5.00. The summed E-state index contributed by atoms with van der Waals surface area (Å²) in [6, 6.07) is 1.56. The van der Waals surface area contributed by atoms with Crippen molar-refractivity contribution in [3.63, 3.8) is 0 Å². The molecular formula is C10H9NO3. The van der Waals surface area contributed by atoms with Crippen LogP contribution in [0, 0.1) is 11.8 Å². The van der Waals surface area contributed by atoms with Crippen LogP contribution in [0.5, 0.6) is 0 Å². The van der Waals surface area contributed by atoms with E-state index in [1.165, 1.54) is 19.5 Å². The van der Waals surface area contributed by atoms with E-state index in [1.54, 1.807) is 6.07 Å². The van der Waals surface area contributed by atoms with Gasteiger partial charge in [-0.25, -0.2) is 4.79 Å². The number of methoxy groups -OCH3 is 1. The van der Waals surface area contributed by atoms with Crippen molar-refractivity contribution >= 4 is 5.97 Å². The number of carbonyl (C=O) groups is 1. The summed E-state index contributed by atoms with van der Waals surface area (Å²) >= 11 is 0. The van der Waals surface area contributed by atoms with Crippen LogP contribution in [0.4, 0.5) is 0 Å². The molecular weight excluding hydrogens is 182 g/mol. The van der Waals surface area contributed by atoms with Crippen LogP contribution in [0.3, 0.4) is 0 Å². The fourth-order valence-corrected chi connectivity index (χ4v) is 0.879. The van der Waals surface area contributed by atoms with Gasteiger partial charge in [-0.2, -0.15) is 0 Å². The Labute approximate surface area is 81.5 Å². The molecule has 0 unspecified atom stereocenters. The minimum absolute atomic E-state index is 0.220. The van der Waals surface area contributed by atoms with E-state index in [1.807, 2.05) is 0 Å². The maximum Gasteiger partial charge on any atom is 0.339 e. The van der Waals surface area contributed by atoms with E-state index in [0.29, 0.717) is 11.1 Å². The van der Waals surface area contributed by atoms with Crippen molar-refractivity contribution < 1.29 is 14.6 Å². The molecule has 0 aliphatic rings. The lowest BCUT2D eigenvalue weighted by atomic mass is 10.2. The first-order valence-electron chi connectivity index (χ1n) is 3.91. The lowest BCUT2D eigenvalue weighted by Crippen LogP contribution is -2.01. The van der Waals surface area contributed by atoms with Crippen molar-refractivity contribution in [2.45, 2.75) is 0 Å². The second-order valence-electron chi connectivity index (χ2n) is 2.41. The van der Waals surface area contributed by atoms with Gasteiger partial charge in [-0.15, -0.1) is 0 Å². The molecule has 0 amide bonds. The zero-order valence-corrected chi connectivity index (χ0v) is 7.65. The highest BCUT2D eigenvalue weighted by Gasteiger charge is 2.04. The molecule has 14 heavy (non-hydrogen) atoms. The highest BCUT2D eigenvalue weighted by atomic mass is 16.5. The Kier molecular flexibility index (Phi) is 3.65. The first kappa shape index (κ1) is 10.2. The molecule has 0 radical (unpaired) electrons. The van der Waals surface area contributed by atoms with Crippen molar-refractivity contribution in [2.75, 3.05) is 13.7 Å². The Hall–Kier alpha value is -1.86. The van der Waals surface area contributed by atoms with Crippen LogP contribution in [0.25, 0.3) is 0 Å². The molecule has 0 saturated heterocycles. The number of aliphatic hydroxyl groups is 1. The molecule has 72 valence electrons. The van der Waals surface area contributed by atoms with E-state index >= 15 is 0 Å². The highest BCUT2D eigenvalue weighted by molar-refractivity contribution is 5.89. The van der Waals surface area contributed by atoms with Gasteiger partial charge >= 0.3 is 5.97 Å². The Balaban J connectivity index is 2.95. The summed E-state index contributed by atoms with van der Waals surface area (Å²) in [5.41, 5.74) is 0.916. The van der Waals surface area contributed by atoms with E-state index in [2.05, 4.69) is 21.6 Å². The molecule has 1 rings (SSSR count). The van der Waals surface area contributed by atoms with Gasteiger partial charge in [0, 0.05) is 18.0 Å². The Morgan fingerprint density at radius 3 is 3.07 bits per heavy atom. The molecule has 0 fully saturated rings. The number of ether oxygens (including phenoxy) is 1. The van der Waals surface area contributed by atoms with E-state index in [9.17, 15) is 4.79 Å². The summed E-state index contributed by atoms with van der Waals surface area (Å²) < 4.78 is 4.52. The summed E-state index contributed by atoms with van der Waals surface area (Å²) in [6.45, 7) is -0.220. The third-order valence-electron chi connectivity index (χ3n) is 1.47. The topological polar surface area (TPSA) is 59.4 Å². The van der Waals surface area contributed by atoms with Crippen molar-refractivity contribution in [3.8, 4) is 11.8 Å². The fraction of sp³-hybridized carbons (Fsp3) is 0.200. The predicted octanol–water partition coefficient (Wildman–Crippen LogP) is 0.212. The number of pyridine rings is 1. The van der Waals surface area contributed by atoms with Crippen LogP contribution in [0.1, 0.15) is 15.9 Å². The molecule has 0 spiro atoms. The van der Waals surface area contributed by atoms with Crippen LogP contribution in [0.2, 0.25) is 0 Å². The average Bonchev–Trinajstić information content (AvgIpc) is 2.25. The molecule has 0 aliphatic carbocycles. The maximum absolute atomic E-state index is 11.1. The van der Waals surface area contributed by atoms with Crippen LogP contribution in [0.15, 0.2) is 18.5 Å². The number of rotatable bonds is 1. The molecule has 1 N–H and O–H groups in total. The lowest BCUT2D eigenvalue weighted by Gasteiger charge is -1.97. The van der Waals surface area contributed by atoms with Crippen LogP contribution < -0.4 is 0 Å². The average molecular weight is 191 g/mol. The number of esters is 1. The summed E-state index contributed by atoms with van der Waals surface area (Å²) in [4.78, 5) is 14.9. The van der Waals surface area contributed by atoms with Crippen LogP contribution >= 0.6 is 0 Å². The SMILES string of the molecule is COC(=O)c1cncc(C#CCO)c1. The van der Waals surface area contributed by atoms with Crippen LogP contribution in [-0.2, 0) is 4.74 Å². The largest absolute Gasteiger partial charge is 0.465 e. The smallest absolute Gasteiger partial charge is 0.339 e. The lowest BCUT2D eigenvalue weighted by molar-refractivity contribution is 0.0600. The normalized spacial score (nSPS) is 8.71. The van der Waals surface area contributed by atoms with Gasteiger partial charge in [-0.1, -0.05) is 11.8 Å². The molecule has 0 atom stereocenters. The zero-order chi connectivity index (χ0) is 10.4. The van der Waals surface area contributed by atoms with Gasteiger partial charge in [0.15, 0.2) is 0 Å². The second-order valence-corrected chi connectivity index (χ2v) is 2.41. The van der Waals surface area contributed by atoms with Crippen molar-refractivity contribution in [1.82, 2.24) is 4.98 Å². The first-order valence-corrected chi connectivity index (χ1v) is 3.91. The number of aromatic nitrogens is 1. The van der Waals surface area contributed by atoms with Gasteiger partial charge in [-0.05, 0) is 6.07 Å². The van der Waals surface area contributed by atoms with E-state index in [-0.39, 0.29) is 6.61 Å². The Morgan fingerprint density at radius 2 is 2.43 bits per heavy atom. The molecule has 4 nitrogen and oxygen atoms in total. The molecule has 0 saturated carbocycles. The Morgan fingerprint density at radius 1 is 1.64 bits per heavy atom. The Bertz CT molecular complexity index is 390. The van der Waals surface area contributed by atoms with Gasteiger partial charge in [0.1, 0.15) is 6.61 Å². The molecule has 1 heterocycles. The van der Waals surface area contributed by atoms with Gasteiger partial charge in [0.05, 0.1) is 12.7 Å². The summed E-state index contributed by atoms with van der Waals surface area (Å²) in [5.74, 6) is 4.65. The fourth-order valence-electron chi connectivity index (χ4n) is 0.879. The monoisotopic (exact) mass is 191 g/mol. The van der Waals surface area contributed by atoms with Crippen molar-refractivity contribution in [2.24, 2.45) is 0 Å². The van der Waals surface area contributed by atoms with Gasteiger partial charge in [0.25, 0.3) is 0 Å². The predicted molar refractivity (Wildman–Crippen MR) is 49.5 cm³/mol. The van der Waals surface area contributed by atoms with Crippen molar-refractivity contribution in [3.05, 3.63) is 29.6 Å². The zero-order valence-electron chi connectivity index (χ0n) is 7.65. The van der Waals surface area contributed by atoms with Crippen molar-refractivity contribution in [1.29, 1.82) is 0 Å². The van der Waals surface area contributed by atoms with E-state index in [4.69, 9.17) is 5.11 Å². The molecule has 0 aliphatic heterocycles. The molecule has 1 aromatic heterocycles. The van der Waals surface area contributed by atoms with Gasteiger partial charge < -0.3 is 9.84 Å². The maximum atomic E-state index is 11.1. The highest BCUT2D eigenvalue weighted by Crippen LogP contribution is 2.02. The number of hydrogen-bond donors (Lipinski definition) is 1. The minimum atomic E-state index is -0.454. The first-order chi connectivity index (χ1) is 6.77. The summed E-state index contributed by atoms with van der Waals surface area (Å²) in [6.07, 6.45) is 2.91. The number of nitrogens with zero attached hydrogens (tertiary/aromatic N) is 1. The van der Waals surface area contributed by atoms with E-state index < -0.39 is 5.97 Å².